The van der Waals surface area contributed by atoms with Crippen LogP contribution in [0, 0.1) is 5.41 Å². The van der Waals surface area contributed by atoms with E-state index in [0.717, 1.165) is 41.5 Å². The number of hydrogen-bond acceptors (Lipinski definition) is 2. The first-order valence-electron chi connectivity index (χ1n) is 5.49. The quantitative estimate of drug-likeness (QED) is 0.728. The molecular formula is C11H14Br2O2S. The molecule has 2 aliphatic rings. The number of halogens is 2. The average Bonchev–Trinajstić information content (AvgIpc) is 2.59. The van der Waals surface area contributed by atoms with Gasteiger partial charge in [-0.2, -0.15) is 0 Å². The molecule has 0 aromatic rings. The number of hydrogen-bond donors (Lipinski definition) is 1. The second kappa shape index (κ2) is 5.02. The highest BCUT2D eigenvalue weighted by atomic mass is 79.9. The molecule has 1 N–H and O–H groups in total. The van der Waals surface area contributed by atoms with Crippen LogP contribution < -0.4 is 0 Å². The van der Waals surface area contributed by atoms with Gasteiger partial charge in [0.25, 0.3) is 0 Å². The first kappa shape index (κ1) is 13.0. The van der Waals surface area contributed by atoms with Gasteiger partial charge in [0, 0.05) is 0 Å². The number of carbonyl (C=O) groups is 1. The van der Waals surface area contributed by atoms with Gasteiger partial charge in [0.2, 0.25) is 0 Å². The van der Waals surface area contributed by atoms with Gasteiger partial charge in [0.05, 0.1) is 13.4 Å². The molecule has 0 radical (unpaired) electrons. The number of aliphatic carboxylic acids is 1. The molecule has 1 heterocycles. The average molecular weight is 370 g/mol. The van der Waals surface area contributed by atoms with E-state index >= 15 is 0 Å². The Labute approximate surface area is 117 Å². The summed E-state index contributed by atoms with van der Waals surface area (Å²) >= 11 is 8.78. The van der Waals surface area contributed by atoms with Gasteiger partial charge in [-0.25, -0.2) is 0 Å². The zero-order valence-electron chi connectivity index (χ0n) is 8.84. The monoisotopic (exact) mass is 368 g/mol. The van der Waals surface area contributed by atoms with E-state index in [1.807, 2.05) is 0 Å². The second-order valence-corrected chi connectivity index (χ2v) is 8.67. The SMILES string of the molecule is O=C(O)C1(C2=C(Br)SC(Br)C2)CCCCC1. The fourth-order valence-corrected chi connectivity index (χ4v) is 6.40. The van der Waals surface area contributed by atoms with Crippen LogP contribution in [0.1, 0.15) is 38.5 Å². The Morgan fingerprint density at radius 3 is 2.44 bits per heavy atom. The van der Waals surface area contributed by atoms with Gasteiger partial charge in [0.1, 0.15) is 0 Å². The van der Waals surface area contributed by atoms with Crippen LogP contribution in [0.3, 0.4) is 0 Å². The first-order valence-corrected chi connectivity index (χ1v) is 8.08. The molecule has 5 heteroatoms. The van der Waals surface area contributed by atoms with Gasteiger partial charge in [0.15, 0.2) is 0 Å². The van der Waals surface area contributed by atoms with Crippen LogP contribution in [0.4, 0.5) is 0 Å². The summed E-state index contributed by atoms with van der Waals surface area (Å²) in [5.74, 6) is -0.638. The summed E-state index contributed by atoms with van der Waals surface area (Å²) < 4.78 is 1.37. The van der Waals surface area contributed by atoms with Gasteiger partial charge in [-0.1, -0.05) is 35.2 Å². The third-order valence-electron chi connectivity index (χ3n) is 3.53. The summed E-state index contributed by atoms with van der Waals surface area (Å²) in [6.07, 6.45) is 5.68. The van der Waals surface area contributed by atoms with Crippen molar-refractivity contribution in [2.75, 3.05) is 0 Å². The van der Waals surface area contributed by atoms with Gasteiger partial charge in [-0.3, -0.25) is 4.79 Å². The molecule has 1 aliphatic carbocycles. The third-order valence-corrected chi connectivity index (χ3v) is 6.33. The maximum atomic E-state index is 11.6. The minimum absolute atomic E-state index is 0.329. The predicted octanol–water partition coefficient (Wildman–Crippen LogP) is 4.49. The van der Waals surface area contributed by atoms with Crippen molar-refractivity contribution in [2.24, 2.45) is 5.41 Å². The minimum Gasteiger partial charge on any atom is -0.481 e. The van der Waals surface area contributed by atoms with Crippen molar-refractivity contribution in [1.82, 2.24) is 0 Å². The molecule has 2 nitrogen and oxygen atoms in total. The van der Waals surface area contributed by atoms with Crippen LogP contribution in [0.15, 0.2) is 9.39 Å². The van der Waals surface area contributed by atoms with Crippen LogP contribution in [-0.4, -0.2) is 15.2 Å². The number of alkyl halides is 1. The van der Waals surface area contributed by atoms with Crippen molar-refractivity contribution in [3.05, 3.63) is 9.39 Å². The molecule has 0 aromatic carbocycles. The highest BCUT2D eigenvalue weighted by Gasteiger charge is 2.46. The highest BCUT2D eigenvalue weighted by molar-refractivity contribution is 9.15. The largest absolute Gasteiger partial charge is 0.481 e. The van der Waals surface area contributed by atoms with E-state index in [4.69, 9.17) is 0 Å². The Morgan fingerprint density at radius 2 is 2.00 bits per heavy atom. The van der Waals surface area contributed by atoms with Crippen molar-refractivity contribution < 1.29 is 9.90 Å². The van der Waals surface area contributed by atoms with Gasteiger partial charge in [-0.15, -0.1) is 11.8 Å². The standard InChI is InChI=1S/C11H14Br2O2S/c12-8-6-7(9(13)16-8)11(10(14)15)4-2-1-3-5-11/h8H,1-6H2,(H,14,15). The molecule has 1 saturated carbocycles. The van der Waals surface area contributed by atoms with Crippen molar-refractivity contribution in [3.8, 4) is 0 Å². The summed E-state index contributed by atoms with van der Waals surface area (Å²) in [5.41, 5.74) is 0.513. The van der Waals surface area contributed by atoms with E-state index in [1.165, 1.54) is 6.42 Å². The summed E-state index contributed by atoms with van der Waals surface area (Å²) in [6, 6.07) is 0. The summed E-state index contributed by atoms with van der Waals surface area (Å²) in [6.45, 7) is 0. The van der Waals surface area contributed by atoms with Crippen LogP contribution >= 0.6 is 43.6 Å². The number of rotatable bonds is 2. The van der Waals surface area contributed by atoms with E-state index < -0.39 is 11.4 Å². The molecule has 0 spiro atoms. The van der Waals surface area contributed by atoms with Crippen LogP contribution in [0.5, 0.6) is 0 Å². The van der Waals surface area contributed by atoms with Gasteiger partial charge >= 0.3 is 5.97 Å². The molecule has 1 unspecified atom stereocenters. The molecule has 1 atom stereocenters. The first-order chi connectivity index (χ1) is 7.56. The van der Waals surface area contributed by atoms with E-state index in [1.54, 1.807) is 11.8 Å². The molecule has 0 saturated heterocycles. The maximum Gasteiger partial charge on any atom is 0.313 e. The normalized spacial score (nSPS) is 29.5. The van der Waals surface area contributed by atoms with Gasteiger partial charge in [-0.05, 0) is 40.8 Å². The minimum atomic E-state index is -0.638. The lowest BCUT2D eigenvalue weighted by Gasteiger charge is -2.34. The summed E-state index contributed by atoms with van der Waals surface area (Å²) in [5, 5.41) is 9.57. The maximum absolute atomic E-state index is 11.6. The molecule has 0 bridgehead atoms. The molecule has 16 heavy (non-hydrogen) atoms. The lowest BCUT2D eigenvalue weighted by atomic mass is 9.69. The molecule has 2 rings (SSSR count). The third kappa shape index (κ3) is 2.23. The van der Waals surface area contributed by atoms with Crippen LogP contribution in [-0.2, 0) is 4.79 Å². The van der Waals surface area contributed by atoms with Gasteiger partial charge < -0.3 is 5.11 Å². The topological polar surface area (TPSA) is 37.3 Å². The number of carboxylic acids is 1. The predicted molar refractivity (Wildman–Crippen MR) is 74.0 cm³/mol. The Bertz CT molecular complexity index is 335. The zero-order chi connectivity index (χ0) is 11.8. The molecule has 0 aromatic heterocycles. The Kier molecular flexibility index (Phi) is 4.07. The van der Waals surface area contributed by atoms with E-state index in [0.29, 0.717) is 4.16 Å². The van der Waals surface area contributed by atoms with Crippen molar-refractivity contribution in [3.63, 3.8) is 0 Å². The Morgan fingerprint density at radius 1 is 1.38 bits per heavy atom. The smallest absolute Gasteiger partial charge is 0.313 e. The Balaban J connectivity index is 2.32. The van der Waals surface area contributed by atoms with E-state index in [9.17, 15) is 9.90 Å². The molecule has 0 amide bonds. The van der Waals surface area contributed by atoms with E-state index in [2.05, 4.69) is 31.9 Å². The molecular weight excluding hydrogens is 356 g/mol. The van der Waals surface area contributed by atoms with Crippen molar-refractivity contribution >= 4 is 49.6 Å². The van der Waals surface area contributed by atoms with Crippen molar-refractivity contribution in [1.29, 1.82) is 0 Å². The fraction of sp³-hybridized carbons (Fsp3) is 0.727. The van der Waals surface area contributed by atoms with Crippen molar-refractivity contribution in [2.45, 2.75) is 42.7 Å². The molecule has 1 aliphatic heterocycles. The zero-order valence-corrected chi connectivity index (χ0v) is 12.8. The second-order valence-electron chi connectivity index (χ2n) is 4.43. The highest BCUT2D eigenvalue weighted by Crippen LogP contribution is 2.55. The summed E-state index contributed by atoms with van der Waals surface area (Å²) in [7, 11) is 0. The summed E-state index contributed by atoms with van der Waals surface area (Å²) in [4.78, 5) is 11.6. The molecule has 90 valence electrons. The fourth-order valence-electron chi connectivity index (χ4n) is 2.65. The molecule has 1 fully saturated rings. The lowest BCUT2D eigenvalue weighted by molar-refractivity contribution is -0.148. The number of carboxylic acid groups (broad SMARTS) is 1. The van der Waals surface area contributed by atoms with Crippen LogP contribution in [0.2, 0.25) is 0 Å². The van der Waals surface area contributed by atoms with E-state index in [-0.39, 0.29) is 0 Å². The van der Waals surface area contributed by atoms with Crippen LogP contribution in [0.25, 0.3) is 0 Å². The number of thioether (sulfide) groups is 1. The Hall–Kier alpha value is 0.520. The lowest BCUT2D eigenvalue weighted by Crippen LogP contribution is -2.35.